The molecule has 1 amide bonds. The molecule has 7 nitrogen and oxygen atoms in total. The van der Waals surface area contributed by atoms with Crippen LogP contribution >= 0.6 is 0 Å². The van der Waals surface area contributed by atoms with E-state index in [4.69, 9.17) is 5.73 Å². The van der Waals surface area contributed by atoms with Crippen molar-refractivity contribution in [1.29, 1.82) is 0 Å². The molecule has 0 spiro atoms. The van der Waals surface area contributed by atoms with Gasteiger partial charge in [-0.2, -0.15) is 0 Å². The summed E-state index contributed by atoms with van der Waals surface area (Å²) in [7, 11) is 0. The highest BCUT2D eigenvalue weighted by Gasteiger charge is 2.33. The maximum absolute atomic E-state index is 13.4. The molecule has 1 unspecified atom stereocenters. The molecule has 0 saturated carbocycles. The number of aromatic nitrogens is 2. The Kier molecular flexibility index (Phi) is 4.37. The SMILES string of the molecule is CC(C)C(=O)N1CCc2c(N)nn(C(=O)C3CCNc4ccccc43)c2C1. The fraction of sp³-hybridized carbons (Fsp3) is 0.450. The highest BCUT2D eigenvalue weighted by Crippen LogP contribution is 2.34. The van der Waals surface area contributed by atoms with Gasteiger partial charge in [-0.05, 0) is 24.5 Å². The average Bonchev–Trinajstić information content (AvgIpc) is 3.02. The van der Waals surface area contributed by atoms with Gasteiger partial charge in [0.25, 0.3) is 5.91 Å². The Labute approximate surface area is 158 Å². The first-order valence-corrected chi connectivity index (χ1v) is 9.49. The number of hydrogen-bond acceptors (Lipinski definition) is 5. The summed E-state index contributed by atoms with van der Waals surface area (Å²) in [6, 6.07) is 7.88. The van der Waals surface area contributed by atoms with Gasteiger partial charge in [0.2, 0.25) is 5.91 Å². The van der Waals surface area contributed by atoms with E-state index in [2.05, 4.69) is 10.4 Å². The normalized spacial score (nSPS) is 18.6. The third-order valence-corrected chi connectivity index (χ3v) is 5.49. The zero-order valence-electron chi connectivity index (χ0n) is 15.7. The van der Waals surface area contributed by atoms with Crippen molar-refractivity contribution in [3.8, 4) is 0 Å². The molecule has 1 aromatic heterocycles. The maximum Gasteiger partial charge on any atom is 0.254 e. The van der Waals surface area contributed by atoms with Crippen LogP contribution in [0.4, 0.5) is 11.5 Å². The summed E-state index contributed by atoms with van der Waals surface area (Å²) >= 11 is 0. The van der Waals surface area contributed by atoms with Crippen LogP contribution in [0.3, 0.4) is 0 Å². The van der Waals surface area contributed by atoms with E-state index in [0.717, 1.165) is 29.1 Å². The Balaban J connectivity index is 1.68. The number of anilines is 2. The van der Waals surface area contributed by atoms with E-state index in [1.165, 1.54) is 4.68 Å². The summed E-state index contributed by atoms with van der Waals surface area (Å²) < 4.78 is 1.46. The van der Waals surface area contributed by atoms with Crippen molar-refractivity contribution >= 4 is 23.3 Å². The number of nitrogens with two attached hydrogens (primary N) is 1. The monoisotopic (exact) mass is 367 g/mol. The number of nitrogen functional groups attached to an aromatic ring is 1. The molecule has 0 fully saturated rings. The number of fused-ring (bicyclic) bond motifs is 2. The van der Waals surface area contributed by atoms with Gasteiger partial charge in [0, 0.05) is 30.3 Å². The standard InChI is InChI=1S/C20H25N5O2/c1-12(2)19(26)24-10-8-15-17(11-24)25(23-18(15)21)20(27)14-7-9-22-16-6-4-3-5-13(14)16/h3-6,12,14,22H,7-11H2,1-2H3,(H2,21,23). The molecule has 0 aliphatic carbocycles. The number of para-hydroxylation sites is 1. The Bertz CT molecular complexity index is 902. The minimum absolute atomic E-state index is 0.0734. The van der Waals surface area contributed by atoms with Crippen LogP contribution in [0, 0.1) is 5.92 Å². The fourth-order valence-corrected chi connectivity index (χ4v) is 4.05. The lowest BCUT2D eigenvalue weighted by molar-refractivity contribution is -0.135. The van der Waals surface area contributed by atoms with Gasteiger partial charge in [-0.25, -0.2) is 4.68 Å². The van der Waals surface area contributed by atoms with E-state index in [1.54, 1.807) is 4.90 Å². The lowest BCUT2D eigenvalue weighted by Gasteiger charge is -2.30. The highest BCUT2D eigenvalue weighted by molar-refractivity contribution is 5.89. The molecule has 0 saturated heterocycles. The number of rotatable bonds is 2. The number of nitrogens with zero attached hydrogens (tertiary/aromatic N) is 3. The summed E-state index contributed by atoms with van der Waals surface area (Å²) in [6.45, 7) is 5.52. The molecule has 1 atom stereocenters. The Morgan fingerprint density at radius 1 is 1.30 bits per heavy atom. The molecular weight excluding hydrogens is 342 g/mol. The minimum Gasteiger partial charge on any atom is -0.385 e. The summed E-state index contributed by atoms with van der Waals surface area (Å²) in [6.07, 6.45) is 1.34. The van der Waals surface area contributed by atoms with Crippen molar-refractivity contribution in [3.63, 3.8) is 0 Å². The number of carbonyl (C=O) groups is 2. The molecule has 3 heterocycles. The van der Waals surface area contributed by atoms with Crippen LogP contribution in [0.5, 0.6) is 0 Å². The summed E-state index contributed by atoms with van der Waals surface area (Å²) in [5, 5.41) is 7.71. The van der Waals surface area contributed by atoms with Crippen LogP contribution in [0.2, 0.25) is 0 Å². The van der Waals surface area contributed by atoms with Gasteiger partial charge >= 0.3 is 0 Å². The van der Waals surface area contributed by atoms with E-state index in [-0.39, 0.29) is 23.7 Å². The van der Waals surface area contributed by atoms with Crippen LogP contribution in [-0.4, -0.2) is 39.6 Å². The van der Waals surface area contributed by atoms with Crippen LogP contribution in [0.1, 0.15) is 47.8 Å². The first-order valence-electron chi connectivity index (χ1n) is 9.49. The topological polar surface area (TPSA) is 93.2 Å². The molecule has 2 aliphatic rings. The van der Waals surface area contributed by atoms with Crippen molar-refractivity contribution in [2.24, 2.45) is 5.92 Å². The Hall–Kier alpha value is -2.83. The van der Waals surface area contributed by atoms with Crippen LogP contribution in [0.25, 0.3) is 0 Å². The predicted octanol–water partition coefficient (Wildman–Crippen LogP) is 2.25. The molecule has 27 heavy (non-hydrogen) atoms. The molecule has 2 aliphatic heterocycles. The molecule has 2 aromatic rings. The van der Waals surface area contributed by atoms with Crippen molar-refractivity contribution in [3.05, 3.63) is 41.1 Å². The van der Waals surface area contributed by atoms with Crippen molar-refractivity contribution in [1.82, 2.24) is 14.7 Å². The maximum atomic E-state index is 13.4. The lowest BCUT2D eigenvalue weighted by atomic mass is 9.90. The summed E-state index contributed by atoms with van der Waals surface area (Å²) in [5.41, 5.74) is 9.75. The van der Waals surface area contributed by atoms with E-state index in [9.17, 15) is 9.59 Å². The van der Waals surface area contributed by atoms with Gasteiger partial charge in [-0.15, -0.1) is 5.10 Å². The number of nitrogens with one attached hydrogen (secondary N) is 1. The summed E-state index contributed by atoms with van der Waals surface area (Å²) in [5.74, 6) is 0.0777. The van der Waals surface area contributed by atoms with Gasteiger partial charge in [-0.1, -0.05) is 32.0 Å². The van der Waals surface area contributed by atoms with Gasteiger partial charge in [-0.3, -0.25) is 9.59 Å². The number of amides is 1. The molecule has 142 valence electrons. The largest absolute Gasteiger partial charge is 0.385 e. The Morgan fingerprint density at radius 2 is 2.07 bits per heavy atom. The lowest BCUT2D eigenvalue weighted by Crippen LogP contribution is -2.40. The van der Waals surface area contributed by atoms with E-state index < -0.39 is 0 Å². The first-order chi connectivity index (χ1) is 13.0. The van der Waals surface area contributed by atoms with Gasteiger partial charge in [0.05, 0.1) is 18.2 Å². The third kappa shape index (κ3) is 2.97. The minimum atomic E-state index is -0.262. The highest BCUT2D eigenvalue weighted by atomic mass is 16.2. The average molecular weight is 367 g/mol. The number of carbonyl (C=O) groups excluding carboxylic acids is 2. The molecule has 0 bridgehead atoms. The zero-order valence-corrected chi connectivity index (χ0v) is 15.7. The van der Waals surface area contributed by atoms with Gasteiger partial charge < -0.3 is 16.0 Å². The van der Waals surface area contributed by atoms with Gasteiger partial charge in [0.1, 0.15) is 5.82 Å². The molecule has 4 rings (SSSR count). The second kappa shape index (κ2) is 6.72. The third-order valence-electron chi connectivity index (χ3n) is 5.49. The van der Waals surface area contributed by atoms with Crippen LogP contribution in [-0.2, 0) is 17.8 Å². The molecule has 7 heteroatoms. The van der Waals surface area contributed by atoms with E-state index in [1.807, 2.05) is 38.1 Å². The fourth-order valence-electron chi connectivity index (χ4n) is 4.05. The zero-order chi connectivity index (χ0) is 19.1. The number of hydrogen-bond donors (Lipinski definition) is 2. The summed E-state index contributed by atoms with van der Waals surface area (Å²) in [4.78, 5) is 27.6. The van der Waals surface area contributed by atoms with Crippen LogP contribution in [0.15, 0.2) is 24.3 Å². The molecule has 0 radical (unpaired) electrons. The first kappa shape index (κ1) is 17.6. The molecule has 1 aromatic carbocycles. The van der Waals surface area contributed by atoms with Gasteiger partial charge in [0.15, 0.2) is 0 Å². The smallest absolute Gasteiger partial charge is 0.254 e. The number of benzene rings is 1. The van der Waals surface area contributed by atoms with Crippen molar-refractivity contribution < 1.29 is 9.59 Å². The van der Waals surface area contributed by atoms with Crippen molar-refractivity contribution in [2.45, 2.75) is 39.2 Å². The molecule has 3 N–H and O–H groups in total. The van der Waals surface area contributed by atoms with E-state index in [0.29, 0.717) is 31.7 Å². The second-order valence-corrected chi connectivity index (χ2v) is 7.58. The second-order valence-electron chi connectivity index (χ2n) is 7.58. The predicted molar refractivity (Wildman–Crippen MR) is 104 cm³/mol. The quantitative estimate of drug-likeness (QED) is 0.849. The van der Waals surface area contributed by atoms with Crippen molar-refractivity contribution in [2.75, 3.05) is 24.1 Å². The van der Waals surface area contributed by atoms with E-state index >= 15 is 0 Å². The molecular formula is C20H25N5O2. The van der Waals surface area contributed by atoms with Crippen LogP contribution < -0.4 is 11.1 Å². The Morgan fingerprint density at radius 3 is 2.85 bits per heavy atom.